The van der Waals surface area contributed by atoms with Gasteiger partial charge in [-0.05, 0) is 42.0 Å². The molecule has 102 valence electrons. The van der Waals surface area contributed by atoms with Gasteiger partial charge in [-0.2, -0.15) is 0 Å². The largest absolute Gasteiger partial charge is 0.493 e. The molecule has 1 N–H and O–H groups in total. The van der Waals surface area contributed by atoms with Crippen molar-refractivity contribution in [1.29, 1.82) is 0 Å². The number of nitrogens with one attached hydrogen (secondary N) is 1. The highest BCUT2D eigenvalue weighted by atomic mass is 35.5. The van der Waals surface area contributed by atoms with E-state index in [0.29, 0.717) is 22.2 Å². The van der Waals surface area contributed by atoms with Gasteiger partial charge in [-0.25, -0.2) is 0 Å². The predicted molar refractivity (Wildman–Crippen MR) is 80.1 cm³/mol. The van der Waals surface area contributed by atoms with Crippen LogP contribution in [0.15, 0.2) is 36.4 Å². The minimum atomic E-state index is -0.242. The molecule has 3 rings (SSSR count). The molecule has 0 saturated heterocycles. The number of halogens is 2. The molecule has 0 spiro atoms. The summed E-state index contributed by atoms with van der Waals surface area (Å²) < 4.78 is 5.43. The van der Waals surface area contributed by atoms with E-state index in [1.165, 1.54) is 0 Å². The lowest BCUT2D eigenvalue weighted by Gasteiger charge is -2.07. The van der Waals surface area contributed by atoms with E-state index in [1.807, 2.05) is 18.2 Å². The Bertz CT molecular complexity index is 665. The third kappa shape index (κ3) is 2.74. The molecule has 0 aliphatic carbocycles. The number of hydrogen-bond acceptors (Lipinski definition) is 2. The van der Waals surface area contributed by atoms with Crippen molar-refractivity contribution in [2.75, 3.05) is 11.9 Å². The van der Waals surface area contributed by atoms with Crippen molar-refractivity contribution in [1.82, 2.24) is 0 Å². The fourth-order valence-corrected chi connectivity index (χ4v) is 2.68. The second-order valence-corrected chi connectivity index (χ2v) is 5.41. The van der Waals surface area contributed by atoms with Gasteiger partial charge in [-0.15, -0.1) is 0 Å². The highest BCUT2D eigenvalue weighted by molar-refractivity contribution is 6.35. The zero-order chi connectivity index (χ0) is 14.1. The first-order valence-corrected chi connectivity index (χ1v) is 6.90. The lowest BCUT2D eigenvalue weighted by atomic mass is 10.1. The SMILES string of the molecule is O=C(Nc1ccc2c(c1)CCO2)c1cc(Cl)cc(Cl)c1. The number of hydrogen-bond donors (Lipinski definition) is 1. The molecule has 0 atom stereocenters. The maximum atomic E-state index is 12.2. The van der Waals surface area contributed by atoms with Crippen molar-refractivity contribution in [3.05, 3.63) is 57.6 Å². The minimum absolute atomic E-state index is 0.242. The molecule has 3 nitrogen and oxygen atoms in total. The Hall–Kier alpha value is -1.71. The van der Waals surface area contributed by atoms with Crippen molar-refractivity contribution in [2.45, 2.75) is 6.42 Å². The predicted octanol–water partition coefficient (Wildman–Crippen LogP) is 4.18. The van der Waals surface area contributed by atoms with Crippen LogP contribution in [0.25, 0.3) is 0 Å². The second kappa shape index (κ2) is 5.35. The van der Waals surface area contributed by atoms with E-state index in [4.69, 9.17) is 27.9 Å². The van der Waals surface area contributed by atoms with Crippen LogP contribution in [0.2, 0.25) is 10.0 Å². The summed E-state index contributed by atoms with van der Waals surface area (Å²) in [5.74, 6) is 0.641. The Labute approximate surface area is 126 Å². The van der Waals surface area contributed by atoms with E-state index in [9.17, 15) is 4.79 Å². The number of rotatable bonds is 2. The number of carbonyl (C=O) groups excluding carboxylic acids is 1. The van der Waals surface area contributed by atoms with E-state index in [1.54, 1.807) is 18.2 Å². The van der Waals surface area contributed by atoms with Crippen LogP contribution in [0.5, 0.6) is 5.75 Å². The second-order valence-electron chi connectivity index (χ2n) is 4.53. The Kier molecular flexibility index (Phi) is 3.55. The topological polar surface area (TPSA) is 38.3 Å². The van der Waals surface area contributed by atoms with Crippen LogP contribution in [0, 0.1) is 0 Å². The first kappa shape index (κ1) is 13.3. The molecule has 5 heteroatoms. The highest BCUT2D eigenvalue weighted by Crippen LogP contribution is 2.28. The van der Waals surface area contributed by atoms with Crippen LogP contribution in [0.3, 0.4) is 0 Å². The molecule has 1 heterocycles. The van der Waals surface area contributed by atoms with Crippen molar-refractivity contribution < 1.29 is 9.53 Å². The molecule has 1 amide bonds. The van der Waals surface area contributed by atoms with Gasteiger partial charge >= 0.3 is 0 Å². The molecule has 1 aliphatic heterocycles. The van der Waals surface area contributed by atoms with Crippen molar-refractivity contribution in [2.24, 2.45) is 0 Å². The van der Waals surface area contributed by atoms with Gasteiger partial charge in [0.2, 0.25) is 0 Å². The maximum absolute atomic E-state index is 12.2. The first-order chi connectivity index (χ1) is 9.61. The fraction of sp³-hybridized carbons (Fsp3) is 0.133. The van der Waals surface area contributed by atoms with E-state index >= 15 is 0 Å². The van der Waals surface area contributed by atoms with Crippen LogP contribution in [0.4, 0.5) is 5.69 Å². The summed E-state index contributed by atoms with van der Waals surface area (Å²) in [4.78, 5) is 12.2. The number of amides is 1. The van der Waals surface area contributed by atoms with E-state index < -0.39 is 0 Å². The van der Waals surface area contributed by atoms with Crippen LogP contribution in [-0.2, 0) is 6.42 Å². The third-order valence-electron chi connectivity index (χ3n) is 3.07. The molecule has 1 aliphatic rings. The van der Waals surface area contributed by atoms with E-state index in [-0.39, 0.29) is 5.91 Å². The third-order valence-corrected chi connectivity index (χ3v) is 3.51. The average Bonchev–Trinajstić information content (AvgIpc) is 2.85. The number of anilines is 1. The Morgan fingerprint density at radius 3 is 2.60 bits per heavy atom. The van der Waals surface area contributed by atoms with Crippen molar-refractivity contribution >= 4 is 34.8 Å². The molecule has 0 unspecified atom stereocenters. The summed E-state index contributed by atoms with van der Waals surface area (Å²) in [6.45, 7) is 0.691. The standard InChI is InChI=1S/C15H11Cl2NO2/c16-11-5-10(6-12(17)8-11)15(19)18-13-1-2-14-9(7-13)3-4-20-14/h1-2,5-8H,3-4H2,(H,18,19). The van der Waals surface area contributed by atoms with Gasteiger partial charge in [0, 0.05) is 27.7 Å². The van der Waals surface area contributed by atoms with Gasteiger partial charge in [0.05, 0.1) is 6.61 Å². The lowest BCUT2D eigenvalue weighted by Crippen LogP contribution is -2.11. The minimum Gasteiger partial charge on any atom is -0.493 e. The van der Waals surface area contributed by atoms with Gasteiger partial charge in [-0.3, -0.25) is 4.79 Å². The molecular weight excluding hydrogens is 297 g/mol. The number of fused-ring (bicyclic) bond motifs is 1. The normalized spacial score (nSPS) is 12.7. The van der Waals surface area contributed by atoms with Gasteiger partial charge in [0.1, 0.15) is 5.75 Å². The molecule has 0 saturated carbocycles. The number of ether oxygens (including phenoxy) is 1. The molecule has 0 fully saturated rings. The van der Waals surface area contributed by atoms with Crippen molar-refractivity contribution in [3.8, 4) is 5.75 Å². The van der Waals surface area contributed by atoms with Gasteiger partial charge in [-0.1, -0.05) is 23.2 Å². The highest BCUT2D eigenvalue weighted by Gasteiger charge is 2.14. The van der Waals surface area contributed by atoms with Crippen molar-refractivity contribution in [3.63, 3.8) is 0 Å². The number of benzene rings is 2. The van der Waals surface area contributed by atoms with Crippen LogP contribution in [0.1, 0.15) is 15.9 Å². The smallest absolute Gasteiger partial charge is 0.255 e. The maximum Gasteiger partial charge on any atom is 0.255 e. The summed E-state index contributed by atoms with van der Waals surface area (Å²) >= 11 is 11.8. The zero-order valence-electron chi connectivity index (χ0n) is 10.5. The Balaban J connectivity index is 1.82. The monoisotopic (exact) mass is 307 g/mol. The molecule has 20 heavy (non-hydrogen) atoms. The number of carbonyl (C=O) groups is 1. The van der Waals surface area contributed by atoms with Gasteiger partial charge in [0.25, 0.3) is 5.91 Å². The van der Waals surface area contributed by atoms with Crippen LogP contribution < -0.4 is 10.1 Å². The lowest BCUT2D eigenvalue weighted by molar-refractivity contribution is 0.102. The van der Waals surface area contributed by atoms with E-state index in [0.717, 1.165) is 23.4 Å². The summed E-state index contributed by atoms with van der Waals surface area (Å²) in [7, 11) is 0. The molecule has 0 bridgehead atoms. The Morgan fingerprint density at radius 2 is 1.85 bits per heavy atom. The van der Waals surface area contributed by atoms with Crippen LogP contribution in [-0.4, -0.2) is 12.5 Å². The summed E-state index contributed by atoms with van der Waals surface area (Å²) in [6.07, 6.45) is 0.863. The van der Waals surface area contributed by atoms with Gasteiger partial charge in [0.15, 0.2) is 0 Å². The zero-order valence-corrected chi connectivity index (χ0v) is 12.0. The summed E-state index contributed by atoms with van der Waals surface area (Å²) in [6, 6.07) is 10.4. The average molecular weight is 308 g/mol. The molecule has 0 radical (unpaired) electrons. The van der Waals surface area contributed by atoms with E-state index in [2.05, 4.69) is 5.32 Å². The molecule has 0 aromatic heterocycles. The molecule has 2 aromatic rings. The van der Waals surface area contributed by atoms with Gasteiger partial charge < -0.3 is 10.1 Å². The molecule has 2 aromatic carbocycles. The quantitative estimate of drug-likeness (QED) is 0.904. The fourth-order valence-electron chi connectivity index (χ4n) is 2.15. The Morgan fingerprint density at radius 1 is 1.10 bits per heavy atom. The molecular formula is C15H11Cl2NO2. The van der Waals surface area contributed by atoms with Crippen LogP contribution >= 0.6 is 23.2 Å². The summed E-state index contributed by atoms with van der Waals surface area (Å²) in [5, 5.41) is 3.70. The first-order valence-electron chi connectivity index (χ1n) is 6.15. The summed E-state index contributed by atoms with van der Waals surface area (Å²) in [5.41, 5.74) is 2.27.